The number of carbonyl (C=O) groups excluding carboxylic acids is 2. The second kappa shape index (κ2) is 10.2. The van der Waals surface area contributed by atoms with Crippen LogP contribution in [-0.2, 0) is 4.79 Å². The fraction of sp³-hybridized carbons (Fsp3) is 0. The molecule has 2 heterocycles. The number of nitrogens with one attached hydrogen (secondary N) is 1. The number of furan rings is 2. The summed E-state index contributed by atoms with van der Waals surface area (Å²) in [6.07, 6.45) is 7.41. The molecular weight excluding hydrogens is 461 g/mol. The molecule has 0 spiro atoms. The molecule has 0 bridgehead atoms. The number of halogens is 2. The van der Waals surface area contributed by atoms with Gasteiger partial charge in [0.1, 0.15) is 17.3 Å². The normalized spacial score (nSPS) is 11.3. The van der Waals surface area contributed by atoms with E-state index in [9.17, 15) is 9.59 Å². The number of ketones is 1. The van der Waals surface area contributed by atoms with Crippen LogP contribution in [0.25, 0.3) is 23.5 Å². The van der Waals surface area contributed by atoms with E-state index in [-0.39, 0.29) is 11.7 Å². The molecule has 1 N–H and O–H groups in total. The van der Waals surface area contributed by atoms with Crippen LogP contribution >= 0.6 is 23.2 Å². The van der Waals surface area contributed by atoms with Crippen LogP contribution < -0.4 is 5.32 Å². The lowest BCUT2D eigenvalue weighted by Crippen LogP contribution is -2.08. The molecule has 0 aliphatic rings. The van der Waals surface area contributed by atoms with E-state index in [4.69, 9.17) is 32.0 Å². The third kappa shape index (κ3) is 5.71. The first kappa shape index (κ1) is 22.4. The Labute approximate surface area is 199 Å². The van der Waals surface area contributed by atoms with Crippen molar-refractivity contribution in [2.45, 2.75) is 0 Å². The first-order valence-corrected chi connectivity index (χ1v) is 10.6. The molecule has 0 aliphatic carbocycles. The number of benzene rings is 2. The van der Waals surface area contributed by atoms with Gasteiger partial charge in [-0.1, -0.05) is 41.4 Å². The Morgan fingerprint density at radius 1 is 0.848 bits per heavy atom. The summed E-state index contributed by atoms with van der Waals surface area (Å²) in [4.78, 5) is 24.7. The van der Waals surface area contributed by atoms with Gasteiger partial charge >= 0.3 is 0 Å². The maximum atomic E-state index is 12.6. The predicted molar refractivity (Wildman–Crippen MR) is 130 cm³/mol. The number of amides is 1. The Kier molecular flexibility index (Phi) is 6.93. The summed E-state index contributed by atoms with van der Waals surface area (Å²) in [6, 6.07) is 18.9. The molecule has 1 amide bonds. The van der Waals surface area contributed by atoms with Crippen molar-refractivity contribution >= 4 is 52.7 Å². The zero-order valence-electron chi connectivity index (χ0n) is 17.1. The molecule has 5 nitrogen and oxygen atoms in total. The molecule has 2 aromatic heterocycles. The topological polar surface area (TPSA) is 72.5 Å². The Morgan fingerprint density at radius 2 is 1.67 bits per heavy atom. The highest BCUT2D eigenvalue weighted by Gasteiger charge is 2.11. The van der Waals surface area contributed by atoms with Gasteiger partial charge in [0, 0.05) is 22.9 Å². The van der Waals surface area contributed by atoms with Gasteiger partial charge in [0.2, 0.25) is 5.91 Å². The smallest absolute Gasteiger partial charge is 0.248 e. The van der Waals surface area contributed by atoms with Gasteiger partial charge in [0.05, 0.1) is 16.3 Å². The zero-order chi connectivity index (χ0) is 23.2. The molecule has 33 heavy (non-hydrogen) atoms. The molecule has 4 rings (SSSR count). The highest BCUT2D eigenvalue weighted by molar-refractivity contribution is 6.43. The van der Waals surface area contributed by atoms with Crippen LogP contribution in [0.1, 0.15) is 21.9 Å². The minimum atomic E-state index is -0.339. The largest absolute Gasteiger partial charge is 0.465 e. The van der Waals surface area contributed by atoms with Crippen LogP contribution in [-0.4, -0.2) is 11.7 Å². The summed E-state index contributed by atoms with van der Waals surface area (Å²) in [5.41, 5.74) is 1.59. The standard InChI is InChI=1S/C26H17Cl2NO4/c27-22-8-2-7-21(26(22)28)24-13-10-20(33-24)9-12-23(30)17-4-1-5-18(16-17)29-25(31)14-11-19-6-3-15-32-19/h1-16H,(H,29,31)/b12-9+,14-11+. The summed E-state index contributed by atoms with van der Waals surface area (Å²) >= 11 is 12.3. The molecule has 4 aromatic rings. The third-order valence-electron chi connectivity index (χ3n) is 4.60. The van der Waals surface area contributed by atoms with Crippen molar-refractivity contribution in [2.24, 2.45) is 0 Å². The molecule has 0 unspecified atom stereocenters. The van der Waals surface area contributed by atoms with Crippen molar-refractivity contribution in [1.82, 2.24) is 0 Å². The van der Waals surface area contributed by atoms with Crippen LogP contribution in [0.2, 0.25) is 10.0 Å². The van der Waals surface area contributed by atoms with Crippen molar-refractivity contribution in [2.75, 3.05) is 5.32 Å². The molecule has 0 aliphatic heterocycles. The molecule has 164 valence electrons. The monoisotopic (exact) mass is 477 g/mol. The van der Waals surface area contributed by atoms with E-state index in [0.717, 1.165) is 0 Å². The maximum Gasteiger partial charge on any atom is 0.248 e. The molecule has 0 saturated heterocycles. The van der Waals surface area contributed by atoms with Crippen molar-refractivity contribution in [3.05, 3.63) is 112 Å². The average Bonchev–Trinajstić information content (AvgIpc) is 3.50. The Balaban J connectivity index is 1.42. The number of allylic oxidation sites excluding steroid dienone is 1. The van der Waals surface area contributed by atoms with E-state index < -0.39 is 0 Å². The zero-order valence-corrected chi connectivity index (χ0v) is 18.6. The minimum absolute atomic E-state index is 0.240. The third-order valence-corrected chi connectivity index (χ3v) is 5.42. The van der Waals surface area contributed by atoms with Gasteiger partial charge in [0.25, 0.3) is 0 Å². The van der Waals surface area contributed by atoms with Crippen molar-refractivity contribution in [3.8, 4) is 11.3 Å². The van der Waals surface area contributed by atoms with Gasteiger partial charge in [-0.2, -0.15) is 0 Å². The van der Waals surface area contributed by atoms with Gasteiger partial charge in [-0.05, 0) is 66.8 Å². The van der Waals surface area contributed by atoms with E-state index in [0.29, 0.717) is 44.1 Å². The first-order chi connectivity index (χ1) is 16.0. The summed E-state index contributed by atoms with van der Waals surface area (Å²) in [7, 11) is 0. The van der Waals surface area contributed by atoms with Gasteiger partial charge in [-0.3, -0.25) is 9.59 Å². The van der Waals surface area contributed by atoms with Crippen LogP contribution in [0.15, 0.2) is 94.0 Å². The Hall–Kier alpha value is -3.80. The lowest BCUT2D eigenvalue weighted by molar-refractivity contribution is -0.111. The molecule has 7 heteroatoms. The number of carbonyl (C=O) groups is 2. The summed E-state index contributed by atoms with van der Waals surface area (Å²) < 4.78 is 10.9. The quantitative estimate of drug-likeness (QED) is 0.222. The van der Waals surface area contributed by atoms with Gasteiger partial charge in [0.15, 0.2) is 5.78 Å². The number of hydrogen-bond acceptors (Lipinski definition) is 4. The second-order valence-corrected chi connectivity index (χ2v) is 7.70. The van der Waals surface area contributed by atoms with E-state index >= 15 is 0 Å². The molecule has 0 radical (unpaired) electrons. The lowest BCUT2D eigenvalue weighted by Gasteiger charge is -2.04. The van der Waals surface area contributed by atoms with E-state index in [1.165, 1.54) is 18.4 Å². The average molecular weight is 478 g/mol. The second-order valence-electron chi connectivity index (χ2n) is 6.92. The Morgan fingerprint density at radius 3 is 2.48 bits per heavy atom. The number of hydrogen-bond donors (Lipinski definition) is 1. The molecular formula is C26H17Cl2NO4. The molecule has 0 atom stereocenters. The first-order valence-electron chi connectivity index (χ1n) is 9.89. The van der Waals surface area contributed by atoms with Gasteiger partial charge in [-0.15, -0.1) is 0 Å². The van der Waals surface area contributed by atoms with Crippen molar-refractivity contribution in [3.63, 3.8) is 0 Å². The van der Waals surface area contributed by atoms with Crippen LogP contribution in [0.3, 0.4) is 0 Å². The maximum absolute atomic E-state index is 12.6. The van der Waals surface area contributed by atoms with Crippen LogP contribution in [0, 0.1) is 0 Å². The highest BCUT2D eigenvalue weighted by atomic mass is 35.5. The van der Waals surface area contributed by atoms with Gasteiger partial charge < -0.3 is 14.2 Å². The van der Waals surface area contributed by atoms with Crippen molar-refractivity contribution < 1.29 is 18.4 Å². The SMILES string of the molecule is O=C(/C=C/c1ccco1)Nc1cccc(C(=O)/C=C/c2ccc(-c3cccc(Cl)c3Cl)o2)c1. The van der Waals surface area contributed by atoms with Crippen molar-refractivity contribution in [1.29, 1.82) is 0 Å². The molecule has 0 saturated carbocycles. The molecule has 2 aromatic carbocycles. The molecule has 0 fully saturated rings. The summed E-state index contributed by atoms with van der Waals surface area (Å²) in [5.74, 6) is 1.02. The minimum Gasteiger partial charge on any atom is -0.465 e. The number of anilines is 1. The highest BCUT2D eigenvalue weighted by Crippen LogP contribution is 2.34. The Bertz CT molecular complexity index is 1350. The lowest BCUT2D eigenvalue weighted by atomic mass is 10.1. The summed E-state index contributed by atoms with van der Waals surface area (Å²) in [6.45, 7) is 0. The van der Waals surface area contributed by atoms with E-state index in [2.05, 4.69) is 5.32 Å². The van der Waals surface area contributed by atoms with E-state index in [1.54, 1.807) is 78.9 Å². The van der Waals surface area contributed by atoms with Gasteiger partial charge in [-0.25, -0.2) is 0 Å². The van der Waals surface area contributed by atoms with Crippen LogP contribution in [0.5, 0.6) is 0 Å². The summed E-state index contributed by atoms with van der Waals surface area (Å²) in [5, 5.41) is 3.55. The number of rotatable bonds is 7. The predicted octanol–water partition coefficient (Wildman–Crippen LogP) is 7.39. The fourth-order valence-electron chi connectivity index (χ4n) is 3.01. The van der Waals surface area contributed by atoms with E-state index in [1.807, 2.05) is 0 Å². The van der Waals surface area contributed by atoms with Crippen LogP contribution in [0.4, 0.5) is 5.69 Å². The fourth-order valence-corrected chi connectivity index (χ4v) is 3.41.